The Labute approximate surface area is 141 Å². The van der Waals surface area contributed by atoms with Crippen LogP contribution in [-0.4, -0.2) is 30.5 Å². The van der Waals surface area contributed by atoms with Gasteiger partial charge in [0.15, 0.2) is 0 Å². The Balaban J connectivity index is 1.90. The maximum Gasteiger partial charge on any atom is 0.319 e. The monoisotopic (exact) mass is 351 g/mol. The number of amides is 2. The molecule has 130 valence electrons. The Hall–Kier alpha value is -2.39. The fraction of sp³-hybridized carbons (Fsp3) is 0.333. The first-order valence-electron chi connectivity index (χ1n) is 7.43. The molecule has 2 aromatic rings. The van der Waals surface area contributed by atoms with Crippen molar-refractivity contribution in [3.63, 3.8) is 0 Å². The number of rotatable bonds is 6. The van der Waals surface area contributed by atoms with Gasteiger partial charge in [-0.25, -0.2) is 23.3 Å². The van der Waals surface area contributed by atoms with Gasteiger partial charge in [0.05, 0.1) is 11.2 Å². The van der Waals surface area contributed by atoms with Gasteiger partial charge in [-0.05, 0) is 38.0 Å². The summed E-state index contributed by atoms with van der Waals surface area (Å²) in [4.78, 5) is 15.9. The summed E-state index contributed by atoms with van der Waals surface area (Å²) < 4.78 is 24.7. The number of hydrogen-bond donors (Lipinski definition) is 3. The molecule has 0 aliphatic heterocycles. The molecule has 0 bridgehead atoms. The SMILES string of the molecule is Cc1ccc(S(N)(=O)=O)cc1NC(=O)NCC[C@@H](C)n1ccnc1. The van der Waals surface area contributed by atoms with E-state index < -0.39 is 16.1 Å². The highest BCUT2D eigenvalue weighted by Crippen LogP contribution is 2.19. The first kappa shape index (κ1) is 18.0. The van der Waals surface area contributed by atoms with Crippen molar-refractivity contribution in [2.75, 3.05) is 11.9 Å². The summed E-state index contributed by atoms with van der Waals surface area (Å²) in [5.41, 5.74) is 1.14. The predicted molar refractivity (Wildman–Crippen MR) is 91.1 cm³/mol. The second kappa shape index (κ2) is 7.45. The number of primary sulfonamides is 1. The van der Waals surface area contributed by atoms with Crippen LogP contribution in [-0.2, 0) is 10.0 Å². The predicted octanol–water partition coefficient (Wildman–Crippen LogP) is 1.61. The minimum absolute atomic E-state index is 0.0443. The van der Waals surface area contributed by atoms with Gasteiger partial charge in [0.1, 0.15) is 0 Å². The van der Waals surface area contributed by atoms with Crippen LogP contribution in [0.1, 0.15) is 24.9 Å². The summed E-state index contributed by atoms with van der Waals surface area (Å²) in [6, 6.07) is 4.15. The molecule has 0 fully saturated rings. The largest absolute Gasteiger partial charge is 0.338 e. The van der Waals surface area contributed by atoms with Crippen LogP contribution in [0.3, 0.4) is 0 Å². The number of aromatic nitrogens is 2. The molecule has 0 aliphatic carbocycles. The van der Waals surface area contributed by atoms with Gasteiger partial charge < -0.3 is 15.2 Å². The maximum atomic E-state index is 12.0. The summed E-state index contributed by atoms with van der Waals surface area (Å²) in [5, 5.41) is 10.5. The number of benzene rings is 1. The number of anilines is 1. The molecule has 0 saturated carbocycles. The maximum absolute atomic E-state index is 12.0. The fourth-order valence-corrected chi connectivity index (χ4v) is 2.69. The molecule has 0 aliphatic rings. The number of carbonyl (C=O) groups is 1. The van der Waals surface area contributed by atoms with Crippen LogP contribution in [0.2, 0.25) is 0 Å². The zero-order chi connectivity index (χ0) is 17.7. The smallest absolute Gasteiger partial charge is 0.319 e. The van der Waals surface area contributed by atoms with Crippen LogP contribution in [0, 0.1) is 6.92 Å². The van der Waals surface area contributed by atoms with E-state index >= 15 is 0 Å². The van der Waals surface area contributed by atoms with Gasteiger partial charge in [-0.3, -0.25) is 0 Å². The number of aryl methyl sites for hydroxylation is 1. The number of nitrogens with one attached hydrogen (secondary N) is 2. The van der Waals surface area contributed by atoms with E-state index in [1.54, 1.807) is 25.5 Å². The Morgan fingerprint density at radius 1 is 1.42 bits per heavy atom. The van der Waals surface area contributed by atoms with E-state index in [2.05, 4.69) is 15.6 Å². The quantitative estimate of drug-likeness (QED) is 0.732. The summed E-state index contributed by atoms with van der Waals surface area (Å²) in [7, 11) is -3.81. The minimum atomic E-state index is -3.81. The lowest BCUT2D eigenvalue weighted by molar-refractivity contribution is 0.251. The number of imidazole rings is 1. The molecule has 24 heavy (non-hydrogen) atoms. The second-order valence-corrected chi connectivity index (χ2v) is 7.11. The average molecular weight is 351 g/mol. The molecule has 0 spiro atoms. The van der Waals surface area contributed by atoms with Gasteiger partial charge in [-0.2, -0.15) is 0 Å². The summed E-state index contributed by atoms with van der Waals surface area (Å²) in [6.07, 6.45) is 6.04. The summed E-state index contributed by atoms with van der Waals surface area (Å²) >= 11 is 0. The Bertz CT molecular complexity index is 803. The molecule has 2 amide bonds. The number of carbonyl (C=O) groups excluding carboxylic acids is 1. The Morgan fingerprint density at radius 2 is 2.17 bits per heavy atom. The van der Waals surface area contributed by atoms with Gasteiger partial charge in [0.25, 0.3) is 0 Å². The molecule has 0 radical (unpaired) electrons. The number of nitrogens with two attached hydrogens (primary N) is 1. The van der Waals surface area contributed by atoms with Gasteiger partial charge in [-0.15, -0.1) is 0 Å². The van der Waals surface area contributed by atoms with Gasteiger partial charge in [0.2, 0.25) is 10.0 Å². The highest BCUT2D eigenvalue weighted by Gasteiger charge is 2.12. The molecule has 2 rings (SSSR count). The second-order valence-electron chi connectivity index (χ2n) is 5.55. The first-order valence-corrected chi connectivity index (χ1v) is 8.98. The first-order chi connectivity index (χ1) is 11.3. The lowest BCUT2D eigenvalue weighted by Gasteiger charge is -2.14. The Morgan fingerprint density at radius 3 is 2.79 bits per heavy atom. The standard InChI is InChI=1S/C15H21N5O3S/c1-11-3-4-13(24(16,22)23)9-14(11)19-15(21)18-6-5-12(2)20-8-7-17-10-20/h3-4,7-10,12H,5-6H2,1-2H3,(H2,16,22,23)(H2,18,19,21)/t12-/m1/s1. The van der Waals surface area contributed by atoms with Gasteiger partial charge in [-0.1, -0.05) is 6.07 Å². The molecule has 8 nitrogen and oxygen atoms in total. The molecule has 1 atom stereocenters. The van der Waals surface area contributed by atoms with Crippen LogP contribution < -0.4 is 15.8 Å². The lowest BCUT2D eigenvalue weighted by atomic mass is 10.2. The van der Waals surface area contributed by atoms with Gasteiger partial charge in [0, 0.05) is 30.7 Å². The third-order valence-electron chi connectivity index (χ3n) is 3.67. The number of hydrogen-bond acceptors (Lipinski definition) is 4. The van der Waals surface area contributed by atoms with E-state index in [0.717, 1.165) is 12.0 Å². The third-order valence-corrected chi connectivity index (χ3v) is 4.58. The van der Waals surface area contributed by atoms with Gasteiger partial charge >= 0.3 is 6.03 Å². The molecule has 4 N–H and O–H groups in total. The zero-order valence-corrected chi connectivity index (χ0v) is 14.4. The normalized spacial score (nSPS) is 12.6. The minimum Gasteiger partial charge on any atom is -0.338 e. The molecule has 0 unspecified atom stereocenters. The van der Waals surface area contributed by atoms with Crippen LogP contribution in [0.5, 0.6) is 0 Å². The Kier molecular flexibility index (Phi) is 5.58. The van der Waals surface area contributed by atoms with E-state index in [-0.39, 0.29) is 10.9 Å². The topological polar surface area (TPSA) is 119 Å². The fourth-order valence-electron chi connectivity index (χ4n) is 2.15. The van der Waals surface area contributed by atoms with E-state index in [1.165, 1.54) is 12.1 Å². The highest BCUT2D eigenvalue weighted by atomic mass is 32.2. The van der Waals surface area contributed by atoms with Crippen LogP contribution >= 0.6 is 0 Å². The third kappa shape index (κ3) is 4.80. The van der Waals surface area contributed by atoms with Crippen molar-refractivity contribution in [2.45, 2.75) is 31.2 Å². The zero-order valence-electron chi connectivity index (χ0n) is 13.6. The molecular weight excluding hydrogens is 330 g/mol. The molecular formula is C15H21N5O3S. The molecule has 1 aromatic heterocycles. The van der Waals surface area contributed by atoms with Crippen molar-refractivity contribution in [3.05, 3.63) is 42.5 Å². The van der Waals surface area contributed by atoms with E-state index in [1.807, 2.05) is 17.7 Å². The van der Waals surface area contributed by atoms with Crippen molar-refractivity contribution in [3.8, 4) is 0 Å². The molecule has 1 aromatic carbocycles. The van der Waals surface area contributed by atoms with Crippen molar-refractivity contribution in [1.29, 1.82) is 0 Å². The van der Waals surface area contributed by atoms with Crippen molar-refractivity contribution in [1.82, 2.24) is 14.9 Å². The van der Waals surface area contributed by atoms with Crippen molar-refractivity contribution < 1.29 is 13.2 Å². The van der Waals surface area contributed by atoms with E-state index in [0.29, 0.717) is 12.2 Å². The molecule has 9 heteroatoms. The average Bonchev–Trinajstić information content (AvgIpc) is 3.02. The van der Waals surface area contributed by atoms with Crippen LogP contribution in [0.25, 0.3) is 0 Å². The van der Waals surface area contributed by atoms with Crippen LogP contribution in [0.4, 0.5) is 10.5 Å². The summed E-state index contributed by atoms with van der Waals surface area (Å²) in [6.45, 7) is 4.27. The molecule has 1 heterocycles. The van der Waals surface area contributed by atoms with Crippen molar-refractivity contribution in [2.24, 2.45) is 5.14 Å². The van der Waals surface area contributed by atoms with E-state index in [4.69, 9.17) is 5.14 Å². The molecule has 0 saturated heterocycles. The summed E-state index contributed by atoms with van der Waals surface area (Å²) in [5.74, 6) is 0. The number of urea groups is 1. The number of nitrogens with zero attached hydrogens (tertiary/aromatic N) is 2. The van der Waals surface area contributed by atoms with Crippen molar-refractivity contribution >= 4 is 21.7 Å². The lowest BCUT2D eigenvalue weighted by Crippen LogP contribution is -2.31. The highest BCUT2D eigenvalue weighted by molar-refractivity contribution is 7.89. The van der Waals surface area contributed by atoms with E-state index in [9.17, 15) is 13.2 Å². The number of sulfonamides is 1. The van der Waals surface area contributed by atoms with Crippen LogP contribution in [0.15, 0.2) is 41.8 Å².